The third-order valence-electron chi connectivity index (χ3n) is 6.93. The number of hydrogen-bond acceptors (Lipinski definition) is 4. The Morgan fingerprint density at radius 2 is 1.74 bits per heavy atom. The van der Waals surface area contributed by atoms with Crippen LogP contribution in [0.1, 0.15) is 53.6 Å². The number of amides is 1. The molecule has 0 spiro atoms. The minimum absolute atomic E-state index is 0.0997. The lowest BCUT2D eigenvalue weighted by Gasteiger charge is -2.27. The van der Waals surface area contributed by atoms with Crippen molar-refractivity contribution in [3.63, 3.8) is 0 Å². The van der Waals surface area contributed by atoms with Crippen molar-refractivity contribution in [2.24, 2.45) is 0 Å². The summed E-state index contributed by atoms with van der Waals surface area (Å²) in [6.45, 7) is 4.31. The molecule has 1 aliphatic heterocycles. The minimum Gasteiger partial charge on any atom is -0.507 e. The molecule has 1 fully saturated rings. The molecule has 2 aliphatic rings. The lowest BCUT2D eigenvalue weighted by atomic mass is 9.88. The van der Waals surface area contributed by atoms with E-state index < -0.39 is 17.7 Å². The third-order valence-corrected chi connectivity index (χ3v) is 6.93. The van der Waals surface area contributed by atoms with Crippen LogP contribution in [0.25, 0.3) is 5.76 Å². The Labute approximate surface area is 205 Å². The summed E-state index contributed by atoms with van der Waals surface area (Å²) in [5.41, 5.74) is 5.37. The molecule has 1 saturated heterocycles. The van der Waals surface area contributed by atoms with Gasteiger partial charge < -0.3 is 9.84 Å². The number of hydrogen-bond donors (Lipinski definition) is 1. The summed E-state index contributed by atoms with van der Waals surface area (Å²) in [6, 6.07) is 20.0. The van der Waals surface area contributed by atoms with Gasteiger partial charge in [-0.15, -0.1) is 0 Å². The van der Waals surface area contributed by atoms with E-state index in [1.54, 1.807) is 0 Å². The van der Waals surface area contributed by atoms with Crippen molar-refractivity contribution in [1.29, 1.82) is 0 Å². The Kier molecular flexibility index (Phi) is 6.16. The standard InChI is InChI=1S/C30H29NO4/c1-3-35-24-13-8-12-22(18-24)27-26(28(32)23-16-15-20-10-5-6-11-21(20)17-23)29(33)30(34)31(27)25-14-7-4-9-19(25)2/h4,7-9,12-18,27,32H,3,5-6,10-11H2,1-2H3/b28-26-. The summed E-state index contributed by atoms with van der Waals surface area (Å²) in [5, 5.41) is 11.5. The van der Waals surface area contributed by atoms with Gasteiger partial charge in [0.15, 0.2) is 0 Å². The normalized spacial score (nSPS) is 19.0. The Hall–Kier alpha value is -3.86. The summed E-state index contributed by atoms with van der Waals surface area (Å²) in [4.78, 5) is 28.4. The monoisotopic (exact) mass is 467 g/mol. The quantitative estimate of drug-likeness (QED) is 0.288. The molecule has 1 heterocycles. The van der Waals surface area contributed by atoms with Crippen LogP contribution in [0.2, 0.25) is 0 Å². The fourth-order valence-electron chi connectivity index (χ4n) is 5.21. The van der Waals surface area contributed by atoms with Gasteiger partial charge in [0.2, 0.25) is 0 Å². The third kappa shape index (κ3) is 4.12. The molecule has 3 aromatic rings. The van der Waals surface area contributed by atoms with Crippen LogP contribution in [0, 0.1) is 6.92 Å². The van der Waals surface area contributed by atoms with Gasteiger partial charge in [-0.25, -0.2) is 0 Å². The summed E-state index contributed by atoms with van der Waals surface area (Å²) in [6.07, 6.45) is 4.25. The predicted octanol–water partition coefficient (Wildman–Crippen LogP) is 5.90. The summed E-state index contributed by atoms with van der Waals surface area (Å²) in [7, 11) is 0. The van der Waals surface area contributed by atoms with Crippen LogP contribution in [0.15, 0.2) is 72.3 Å². The van der Waals surface area contributed by atoms with E-state index in [9.17, 15) is 14.7 Å². The molecule has 1 atom stereocenters. The van der Waals surface area contributed by atoms with Crippen LogP contribution in [0.5, 0.6) is 5.75 Å². The van der Waals surface area contributed by atoms with Crippen LogP contribution in [-0.2, 0) is 22.4 Å². The smallest absolute Gasteiger partial charge is 0.300 e. The molecule has 5 nitrogen and oxygen atoms in total. The molecule has 1 aliphatic carbocycles. The number of nitrogens with zero attached hydrogens (tertiary/aromatic N) is 1. The van der Waals surface area contributed by atoms with Crippen molar-refractivity contribution in [2.75, 3.05) is 11.5 Å². The Balaban J connectivity index is 1.71. The van der Waals surface area contributed by atoms with E-state index in [2.05, 4.69) is 0 Å². The lowest BCUT2D eigenvalue weighted by Crippen LogP contribution is -2.30. The van der Waals surface area contributed by atoms with E-state index in [1.807, 2.05) is 80.6 Å². The molecular formula is C30H29NO4. The largest absolute Gasteiger partial charge is 0.507 e. The molecule has 1 N–H and O–H groups in total. The molecule has 5 heteroatoms. The Morgan fingerprint density at radius 1 is 0.971 bits per heavy atom. The second kappa shape index (κ2) is 9.41. The maximum Gasteiger partial charge on any atom is 0.300 e. The minimum atomic E-state index is -0.771. The SMILES string of the molecule is CCOc1cccc(C2/C(=C(/O)c3ccc4c(c3)CCCC4)C(=O)C(=O)N2c2ccccc2C)c1. The number of aryl methyl sites for hydroxylation is 3. The topological polar surface area (TPSA) is 66.8 Å². The first kappa shape index (κ1) is 22.9. The van der Waals surface area contributed by atoms with E-state index in [-0.39, 0.29) is 11.3 Å². The molecular weight excluding hydrogens is 438 g/mol. The van der Waals surface area contributed by atoms with Crippen LogP contribution in [0.4, 0.5) is 5.69 Å². The van der Waals surface area contributed by atoms with Gasteiger partial charge in [-0.1, -0.05) is 42.5 Å². The first-order valence-electron chi connectivity index (χ1n) is 12.2. The van der Waals surface area contributed by atoms with Crippen molar-refractivity contribution >= 4 is 23.1 Å². The number of rotatable bonds is 5. The Morgan fingerprint density at radius 3 is 2.51 bits per heavy atom. The maximum absolute atomic E-state index is 13.5. The zero-order valence-corrected chi connectivity index (χ0v) is 20.1. The average molecular weight is 468 g/mol. The second-order valence-electron chi connectivity index (χ2n) is 9.15. The zero-order chi connectivity index (χ0) is 24.5. The van der Waals surface area contributed by atoms with Gasteiger partial charge in [0.05, 0.1) is 18.2 Å². The predicted molar refractivity (Wildman–Crippen MR) is 137 cm³/mol. The average Bonchev–Trinajstić information content (AvgIpc) is 3.14. The molecule has 178 valence electrons. The molecule has 5 rings (SSSR count). The molecule has 35 heavy (non-hydrogen) atoms. The molecule has 1 unspecified atom stereocenters. The first-order chi connectivity index (χ1) is 17.0. The number of carbonyl (C=O) groups excluding carboxylic acids is 2. The van der Waals surface area contributed by atoms with Gasteiger partial charge in [0.25, 0.3) is 11.7 Å². The van der Waals surface area contributed by atoms with Crippen molar-refractivity contribution in [3.05, 3.63) is 100 Å². The van der Waals surface area contributed by atoms with Crippen LogP contribution >= 0.6 is 0 Å². The van der Waals surface area contributed by atoms with Crippen LogP contribution < -0.4 is 9.64 Å². The van der Waals surface area contributed by atoms with Gasteiger partial charge in [-0.2, -0.15) is 0 Å². The van der Waals surface area contributed by atoms with Crippen molar-refractivity contribution in [1.82, 2.24) is 0 Å². The number of Topliss-reactive ketones (excluding diaryl/α,β-unsaturated/α-hetero) is 1. The van der Waals surface area contributed by atoms with Crippen molar-refractivity contribution in [2.45, 2.75) is 45.6 Å². The number of benzene rings is 3. The first-order valence-corrected chi connectivity index (χ1v) is 12.2. The summed E-state index contributed by atoms with van der Waals surface area (Å²) >= 11 is 0. The lowest BCUT2D eigenvalue weighted by molar-refractivity contribution is -0.132. The van der Waals surface area contributed by atoms with E-state index >= 15 is 0 Å². The summed E-state index contributed by atoms with van der Waals surface area (Å²) in [5.74, 6) is -0.824. The van der Waals surface area contributed by atoms with E-state index in [0.29, 0.717) is 29.2 Å². The molecule has 0 bridgehead atoms. The molecule has 0 radical (unpaired) electrons. The number of ether oxygens (including phenoxy) is 1. The molecule has 0 aromatic heterocycles. The fraction of sp³-hybridized carbons (Fsp3) is 0.267. The van der Waals surface area contributed by atoms with E-state index in [4.69, 9.17) is 4.74 Å². The highest BCUT2D eigenvalue weighted by Crippen LogP contribution is 2.44. The molecule has 3 aromatic carbocycles. The molecule has 0 saturated carbocycles. The second-order valence-corrected chi connectivity index (χ2v) is 9.15. The fourth-order valence-corrected chi connectivity index (χ4v) is 5.21. The van der Waals surface area contributed by atoms with Crippen LogP contribution in [-0.4, -0.2) is 23.4 Å². The van der Waals surface area contributed by atoms with E-state index in [1.165, 1.54) is 16.0 Å². The van der Waals surface area contributed by atoms with Gasteiger partial charge in [-0.05, 0) is 86.1 Å². The highest BCUT2D eigenvalue weighted by molar-refractivity contribution is 6.51. The van der Waals surface area contributed by atoms with Crippen LogP contribution in [0.3, 0.4) is 0 Å². The van der Waals surface area contributed by atoms with Gasteiger partial charge in [-0.3, -0.25) is 14.5 Å². The highest BCUT2D eigenvalue weighted by atomic mass is 16.5. The number of aliphatic hydroxyl groups excluding tert-OH is 1. The number of para-hydroxylation sites is 1. The summed E-state index contributed by atoms with van der Waals surface area (Å²) < 4.78 is 5.70. The Bertz CT molecular complexity index is 1340. The number of aliphatic hydroxyl groups is 1. The highest BCUT2D eigenvalue weighted by Gasteiger charge is 2.47. The molecule has 1 amide bonds. The number of carbonyl (C=O) groups is 2. The van der Waals surface area contributed by atoms with Gasteiger partial charge in [0, 0.05) is 11.3 Å². The van der Waals surface area contributed by atoms with Crippen molar-refractivity contribution in [3.8, 4) is 5.75 Å². The van der Waals surface area contributed by atoms with Crippen molar-refractivity contribution < 1.29 is 19.4 Å². The zero-order valence-electron chi connectivity index (χ0n) is 20.1. The van der Waals surface area contributed by atoms with Gasteiger partial charge >= 0.3 is 0 Å². The van der Waals surface area contributed by atoms with Gasteiger partial charge in [0.1, 0.15) is 11.5 Å². The van der Waals surface area contributed by atoms with E-state index in [0.717, 1.165) is 31.2 Å². The maximum atomic E-state index is 13.5. The number of anilines is 1. The number of ketones is 1. The number of fused-ring (bicyclic) bond motifs is 1.